The standard InChI is InChI=1S/C34H26ClN3O4/c1-42-24-9-6-8-21(19-24)31(39)29-30(32(40)36-23-16-14-22(35)15-17-23)38-27-12-5-2-7-20(27)13-18-28(38)34(29)25-10-3-4-11-26(25)37-33(34)41/h2-19,28-30H,1H3,(H,36,40)(H,37,41)/t28-,29-,30-,34+/m1/s1. The van der Waals surface area contributed by atoms with Crippen molar-refractivity contribution in [2.45, 2.75) is 17.5 Å². The number of benzene rings is 4. The molecule has 2 N–H and O–H groups in total. The molecule has 0 unspecified atom stereocenters. The van der Waals surface area contributed by atoms with Gasteiger partial charge in [0.05, 0.1) is 19.1 Å². The van der Waals surface area contributed by atoms with Gasteiger partial charge in [0.1, 0.15) is 17.2 Å². The van der Waals surface area contributed by atoms with Crippen LogP contribution in [0.4, 0.5) is 17.1 Å². The fourth-order valence-corrected chi connectivity index (χ4v) is 6.95. The molecule has 0 saturated carbocycles. The third-order valence-corrected chi connectivity index (χ3v) is 8.81. The smallest absolute Gasteiger partial charge is 0.247 e. The molecule has 7 rings (SSSR count). The molecule has 0 aromatic heterocycles. The molecular weight excluding hydrogens is 550 g/mol. The normalized spacial score (nSPS) is 23.1. The number of hydrogen-bond acceptors (Lipinski definition) is 5. The average molecular weight is 576 g/mol. The minimum absolute atomic E-state index is 0.314. The highest BCUT2D eigenvalue weighted by Crippen LogP contribution is 2.57. The Balaban J connectivity index is 1.48. The topological polar surface area (TPSA) is 87.7 Å². The number of anilines is 3. The molecule has 4 atom stereocenters. The van der Waals surface area contributed by atoms with Crippen LogP contribution in [0.1, 0.15) is 21.5 Å². The Hall–Kier alpha value is -4.88. The maximum atomic E-state index is 14.8. The van der Waals surface area contributed by atoms with Gasteiger partial charge in [0.25, 0.3) is 0 Å². The molecule has 3 aliphatic heterocycles. The molecule has 0 aliphatic carbocycles. The minimum atomic E-state index is -1.39. The van der Waals surface area contributed by atoms with E-state index in [1.54, 1.807) is 48.5 Å². The molecule has 8 heteroatoms. The van der Waals surface area contributed by atoms with E-state index in [-0.39, 0.29) is 11.7 Å². The first-order chi connectivity index (χ1) is 20.4. The Labute approximate surface area is 247 Å². The van der Waals surface area contributed by atoms with Gasteiger partial charge < -0.3 is 20.3 Å². The lowest BCUT2D eigenvalue weighted by Crippen LogP contribution is -2.51. The van der Waals surface area contributed by atoms with Gasteiger partial charge in [-0.25, -0.2) is 0 Å². The lowest BCUT2D eigenvalue weighted by molar-refractivity contribution is -0.122. The summed E-state index contributed by atoms with van der Waals surface area (Å²) in [6.07, 6.45) is 3.92. The summed E-state index contributed by atoms with van der Waals surface area (Å²) in [4.78, 5) is 45.6. The van der Waals surface area contributed by atoms with Crippen LogP contribution in [-0.2, 0) is 15.0 Å². The Morgan fingerprint density at radius 3 is 2.52 bits per heavy atom. The number of hydrogen-bond donors (Lipinski definition) is 2. The number of halogens is 1. The molecule has 7 nitrogen and oxygen atoms in total. The number of fused-ring (bicyclic) bond motifs is 6. The van der Waals surface area contributed by atoms with Crippen molar-refractivity contribution in [1.82, 2.24) is 0 Å². The molecule has 4 aromatic carbocycles. The van der Waals surface area contributed by atoms with E-state index in [1.807, 2.05) is 65.6 Å². The molecule has 0 bridgehead atoms. The predicted octanol–water partition coefficient (Wildman–Crippen LogP) is 5.96. The van der Waals surface area contributed by atoms with Crippen LogP contribution in [-0.4, -0.2) is 36.8 Å². The predicted molar refractivity (Wildman–Crippen MR) is 163 cm³/mol. The number of para-hydroxylation sites is 2. The van der Waals surface area contributed by atoms with Gasteiger partial charge in [-0.05, 0) is 59.7 Å². The van der Waals surface area contributed by atoms with Gasteiger partial charge >= 0.3 is 0 Å². The van der Waals surface area contributed by atoms with Gasteiger partial charge in [0, 0.05) is 27.6 Å². The number of carbonyl (C=O) groups is 3. The fourth-order valence-electron chi connectivity index (χ4n) is 6.83. The Morgan fingerprint density at radius 1 is 0.952 bits per heavy atom. The highest BCUT2D eigenvalue weighted by Gasteiger charge is 2.70. The second kappa shape index (κ2) is 9.89. The van der Waals surface area contributed by atoms with E-state index in [4.69, 9.17) is 16.3 Å². The zero-order chi connectivity index (χ0) is 29.0. The molecule has 0 radical (unpaired) electrons. The summed E-state index contributed by atoms with van der Waals surface area (Å²) in [5, 5.41) is 6.58. The van der Waals surface area contributed by atoms with Gasteiger partial charge in [0.15, 0.2) is 5.78 Å². The average Bonchev–Trinajstić information content (AvgIpc) is 3.50. The number of methoxy groups -OCH3 is 1. The first kappa shape index (κ1) is 26.0. The maximum Gasteiger partial charge on any atom is 0.247 e. The van der Waals surface area contributed by atoms with Crippen molar-refractivity contribution in [1.29, 1.82) is 0 Å². The molecule has 3 aliphatic rings. The van der Waals surface area contributed by atoms with Crippen molar-refractivity contribution < 1.29 is 19.1 Å². The first-order valence-corrected chi connectivity index (χ1v) is 14.0. The summed E-state index contributed by atoms with van der Waals surface area (Å²) < 4.78 is 5.42. The molecule has 208 valence electrons. The SMILES string of the molecule is COc1cccc(C(=O)[C@H]2[C@H](C(=O)Nc3ccc(Cl)cc3)N3c4ccccc4C=C[C@@H]3[C@]23C(=O)Nc2ccccc23)c1. The van der Waals surface area contributed by atoms with Crippen molar-refractivity contribution in [3.05, 3.63) is 125 Å². The fraction of sp³-hybridized carbons (Fsp3) is 0.147. The summed E-state index contributed by atoms with van der Waals surface area (Å²) >= 11 is 6.10. The van der Waals surface area contributed by atoms with Crippen molar-refractivity contribution in [3.63, 3.8) is 0 Å². The van der Waals surface area contributed by atoms with Gasteiger partial charge in [0.2, 0.25) is 11.8 Å². The van der Waals surface area contributed by atoms with Crippen LogP contribution in [0.25, 0.3) is 6.08 Å². The third kappa shape index (κ3) is 3.77. The quantitative estimate of drug-likeness (QED) is 0.287. The molecule has 3 heterocycles. The van der Waals surface area contributed by atoms with Crippen molar-refractivity contribution in [2.75, 3.05) is 22.6 Å². The summed E-state index contributed by atoms with van der Waals surface area (Å²) in [6, 6.07) is 27.1. The summed E-state index contributed by atoms with van der Waals surface area (Å²) in [5.74, 6) is -1.61. The maximum absolute atomic E-state index is 14.8. The Bertz CT molecular complexity index is 1790. The molecule has 2 amide bonds. The highest BCUT2D eigenvalue weighted by molar-refractivity contribution is 6.30. The second-order valence-corrected chi connectivity index (χ2v) is 11.1. The third-order valence-electron chi connectivity index (χ3n) is 8.56. The van der Waals surface area contributed by atoms with E-state index in [1.165, 1.54) is 7.11 Å². The number of amides is 2. The summed E-state index contributed by atoms with van der Waals surface area (Å²) in [7, 11) is 1.53. The number of nitrogens with zero attached hydrogens (tertiary/aromatic N) is 1. The van der Waals surface area contributed by atoms with Gasteiger partial charge in [-0.2, -0.15) is 0 Å². The van der Waals surface area contributed by atoms with Gasteiger partial charge in [-0.3, -0.25) is 14.4 Å². The molecular formula is C34H26ClN3O4. The first-order valence-electron chi connectivity index (χ1n) is 13.6. The molecule has 4 aromatic rings. The van der Waals surface area contributed by atoms with E-state index in [0.29, 0.717) is 33.3 Å². The van der Waals surface area contributed by atoms with Crippen LogP contribution in [0.15, 0.2) is 103 Å². The van der Waals surface area contributed by atoms with Crippen molar-refractivity contribution in [2.24, 2.45) is 5.92 Å². The highest BCUT2D eigenvalue weighted by atomic mass is 35.5. The Kier molecular flexibility index (Phi) is 6.13. The van der Waals surface area contributed by atoms with Crippen LogP contribution in [0.5, 0.6) is 5.75 Å². The monoisotopic (exact) mass is 575 g/mol. The zero-order valence-corrected chi connectivity index (χ0v) is 23.3. The van der Waals surface area contributed by atoms with Crippen LogP contribution < -0.4 is 20.3 Å². The lowest BCUT2D eigenvalue weighted by Gasteiger charge is -2.37. The van der Waals surface area contributed by atoms with Gasteiger partial charge in [-0.1, -0.05) is 72.3 Å². The van der Waals surface area contributed by atoms with E-state index >= 15 is 0 Å². The molecule has 1 spiro atoms. The van der Waals surface area contributed by atoms with E-state index < -0.39 is 29.3 Å². The van der Waals surface area contributed by atoms with E-state index in [2.05, 4.69) is 10.6 Å². The van der Waals surface area contributed by atoms with Crippen molar-refractivity contribution in [3.8, 4) is 5.75 Å². The lowest BCUT2D eigenvalue weighted by atomic mass is 9.64. The number of nitrogens with one attached hydrogen (secondary N) is 2. The molecule has 1 fully saturated rings. The van der Waals surface area contributed by atoms with Crippen LogP contribution in [0, 0.1) is 5.92 Å². The van der Waals surface area contributed by atoms with Crippen LogP contribution in [0.2, 0.25) is 5.02 Å². The largest absolute Gasteiger partial charge is 0.497 e. The molecule has 42 heavy (non-hydrogen) atoms. The summed E-state index contributed by atoms with van der Waals surface area (Å²) in [5.41, 5.74) is 2.51. The van der Waals surface area contributed by atoms with E-state index in [0.717, 1.165) is 11.3 Å². The second-order valence-electron chi connectivity index (χ2n) is 10.7. The Morgan fingerprint density at radius 2 is 1.71 bits per heavy atom. The number of carbonyl (C=O) groups excluding carboxylic acids is 3. The van der Waals surface area contributed by atoms with Crippen molar-refractivity contribution >= 4 is 52.3 Å². The van der Waals surface area contributed by atoms with Crippen LogP contribution in [0.3, 0.4) is 0 Å². The number of rotatable bonds is 5. The number of ketones is 1. The van der Waals surface area contributed by atoms with Gasteiger partial charge in [-0.15, -0.1) is 0 Å². The minimum Gasteiger partial charge on any atom is -0.497 e. The van der Waals surface area contributed by atoms with Crippen LogP contribution >= 0.6 is 11.6 Å². The molecule has 1 saturated heterocycles. The number of Topliss-reactive ketones (excluding diaryl/α,β-unsaturated/α-hetero) is 1. The summed E-state index contributed by atoms with van der Waals surface area (Å²) in [6.45, 7) is 0. The number of ether oxygens (including phenoxy) is 1. The van der Waals surface area contributed by atoms with E-state index in [9.17, 15) is 14.4 Å². The zero-order valence-electron chi connectivity index (χ0n) is 22.6.